The Bertz CT molecular complexity index is 404. The summed E-state index contributed by atoms with van der Waals surface area (Å²) in [5, 5.41) is 0. The predicted molar refractivity (Wildman–Crippen MR) is 80.4 cm³/mol. The van der Waals surface area contributed by atoms with Crippen molar-refractivity contribution in [3.05, 3.63) is 29.8 Å². The van der Waals surface area contributed by atoms with Gasteiger partial charge in [0.1, 0.15) is 0 Å². The van der Waals surface area contributed by atoms with Gasteiger partial charge in [-0.15, -0.1) is 0 Å². The summed E-state index contributed by atoms with van der Waals surface area (Å²) in [6.45, 7) is 1.59. The number of aryl methyl sites for hydroxylation is 1. The van der Waals surface area contributed by atoms with E-state index in [1.165, 1.54) is 50.5 Å². The normalized spacial score (nSPS) is 16.3. The van der Waals surface area contributed by atoms with Gasteiger partial charge in [0.25, 0.3) is 0 Å². The molecular formula is C17H25NO. The van der Waals surface area contributed by atoms with Crippen LogP contribution in [0.2, 0.25) is 0 Å². The molecule has 0 spiro atoms. The molecule has 0 heterocycles. The third-order valence-corrected chi connectivity index (χ3v) is 4.36. The zero-order valence-corrected chi connectivity index (χ0v) is 12.2. The molecule has 2 nitrogen and oxygen atoms in total. The minimum Gasteiger partial charge on any atom is -0.316 e. The molecule has 2 heteroatoms. The summed E-state index contributed by atoms with van der Waals surface area (Å²) in [7, 11) is 1.82. The molecule has 104 valence electrons. The van der Waals surface area contributed by atoms with Crippen LogP contribution in [0.5, 0.6) is 0 Å². The minimum atomic E-state index is 0.0787. The summed E-state index contributed by atoms with van der Waals surface area (Å²) in [5.74, 6) is 1.02. The first kappa shape index (κ1) is 14.1. The van der Waals surface area contributed by atoms with E-state index >= 15 is 0 Å². The van der Waals surface area contributed by atoms with Crippen LogP contribution in [-0.4, -0.2) is 13.0 Å². The SMILES string of the molecule is CC(=O)N(C)c1ccc(CCC2CCCCC2)cc1. The van der Waals surface area contributed by atoms with Gasteiger partial charge in [-0.25, -0.2) is 0 Å². The Balaban J connectivity index is 1.86. The number of carbonyl (C=O) groups is 1. The van der Waals surface area contributed by atoms with Gasteiger partial charge in [-0.2, -0.15) is 0 Å². The molecule has 1 aromatic rings. The average Bonchev–Trinajstić information content (AvgIpc) is 2.46. The maximum atomic E-state index is 11.3. The Morgan fingerprint density at radius 1 is 1.16 bits per heavy atom. The van der Waals surface area contributed by atoms with Crippen LogP contribution < -0.4 is 4.90 Å². The van der Waals surface area contributed by atoms with E-state index in [0.717, 1.165) is 11.6 Å². The Kier molecular flexibility index (Phi) is 5.00. The first-order chi connectivity index (χ1) is 9.16. The fraction of sp³-hybridized carbons (Fsp3) is 0.588. The number of hydrogen-bond acceptors (Lipinski definition) is 1. The maximum Gasteiger partial charge on any atom is 0.223 e. The molecule has 0 saturated heterocycles. The second kappa shape index (κ2) is 6.74. The highest BCUT2D eigenvalue weighted by Crippen LogP contribution is 2.27. The number of rotatable bonds is 4. The topological polar surface area (TPSA) is 20.3 Å². The van der Waals surface area contributed by atoms with E-state index in [2.05, 4.69) is 24.3 Å². The molecule has 0 radical (unpaired) electrons. The lowest BCUT2D eigenvalue weighted by molar-refractivity contribution is -0.116. The molecule has 1 saturated carbocycles. The Morgan fingerprint density at radius 2 is 1.79 bits per heavy atom. The van der Waals surface area contributed by atoms with Crippen LogP contribution in [0.1, 0.15) is 51.0 Å². The van der Waals surface area contributed by atoms with Crippen molar-refractivity contribution >= 4 is 11.6 Å². The summed E-state index contributed by atoms with van der Waals surface area (Å²) < 4.78 is 0. The summed E-state index contributed by atoms with van der Waals surface area (Å²) in [6.07, 6.45) is 9.62. The molecule has 0 atom stereocenters. The van der Waals surface area contributed by atoms with Gasteiger partial charge < -0.3 is 4.90 Å². The highest BCUT2D eigenvalue weighted by atomic mass is 16.2. The van der Waals surface area contributed by atoms with Gasteiger partial charge in [0.05, 0.1) is 0 Å². The molecule has 1 aromatic carbocycles. The molecule has 1 amide bonds. The molecule has 1 aliphatic carbocycles. The van der Waals surface area contributed by atoms with Crippen LogP contribution in [-0.2, 0) is 11.2 Å². The third kappa shape index (κ3) is 4.09. The molecule has 0 aromatic heterocycles. The van der Waals surface area contributed by atoms with E-state index in [9.17, 15) is 4.79 Å². The van der Waals surface area contributed by atoms with Gasteiger partial charge in [0, 0.05) is 19.7 Å². The van der Waals surface area contributed by atoms with Crippen LogP contribution in [0.15, 0.2) is 24.3 Å². The van der Waals surface area contributed by atoms with E-state index in [1.807, 2.05) is 7.05 Å². The number of carbonyl (C=O) groups excluding carboxylic acids is 1. The monoisotopic (exact) mass is 259 g/mol. The van der Waals surface area contributed by atoms with Crippen LogP contribution in [0.4, 0.5) is 5.69 Å². The molecular weight excluding hydrogens is 234 g/mol. The number of amides is 1. The van der Waals surface area contributed by atoms with Gasteiger partial charge in [-0.3, -0.25) is 4.79 Å². The number of anilines is 1. The molecule has 0 bridgehead atoms. The van der Waals surface area contributed by atoms with E-state index < -0.39 is 0 Å². The van der Waals surface area contributed by atoms with Crippen LogP contribution in [0.25, 0.3) is 0 Å². The Morgan fingerprint density at radius 3 is 2.37 bits per heavy atom. The summed E-state index contributed by atoms with van der Waals surface area (Å²) >= 11 is 0. The lowest BCUT2D eigenvalue weighted by atomic mass is 9.85. The van der Waals surface area contributed by atoms with E-state index in [1.54, 1.807) is 11.8 Å². The zero-order valence-electron chi connectivity index (χ0n) is 12.2. The third-order valence-electron chi connectivity index (χ3n) is 4.36. The highest BCUT2D eigenvalue weighted by molar-refractivity contribution is 5.90. The van der Waals surface area contributed by atoms with Crippen molar-refractivity contribution < 1.29 is 4.79 Å². The second-order valence-electron chi connectivity index (χ2n) is 5.79. The van der Waals surface area contributed by atoms with Crippen LogP contribution in [0.3, 0.4) is 0 Å². The van der Waals surface area contributed by atoms with Crippen molar-refractivity contribution in [1.29, 1.82) is 0 Å². The highest BCUT2D eigenvalue weighted by Gasteiger charge is 2.13. The van der Waals surface area contributed by atoms with Gasteiger partial charge in [-0.1, -0.05) is 44.2 Å². The second-order valence-corrected chi connectivity index (χ2v) is 5.79. The Hall–Kier alpha value is -1.31. The zero-order chi connectivity index (χ0) is 13.7. The Labute approximate surface area is 116 Å². The maximum absolute atomic E-state index is 11.3. The van der Waals surface area contributed by atoms with Crippen molar-refractivity contribution in [1.82, 2.24) is 0 Å². The number of nitrogens with zero attached hydrogens (tertiary/aromatic N) is 1. The molecule has 1 aliphatic rings. The lowest BCUT2D eigenvalue weighted by Gasteiger charge is -2.21. The largest absolute Gasteiger partial charge is 0.316 e. The molecule has 0 unspecified atom stereocenters. The van der Waals surface area contributed by atoms with Crippen molar-refractivity contribution in [2.45, 2.75) is 51.9 Å². The van der Waals surface area contributed by atoms with Gasteiger partial charge in [0.15, 0.2) is 0 Å². The smallest absolute Gasteiger partial charge is 0.223 e. The van der Waals surface area contributed by atoms with Crippen LogP contribution in [0, 0.1) is 5.92 Å². The van der Waals surface area contributed by atoms with Crippen molar-refractivity contribution in [3.63, 3.8) is 0 Å². The van der Waals surface area contributed by atoms with E-state index in [0.29, 0.717) is 0 Å². The fourth-order valence-corrected chi connectivity index (χ4v) is 2.91. The summed E-state index contributed by atoms with van der Waals surface area (Å²) in [5.41, 5.74) is 2.38. The van der Waals surface area contributed by atoms with Gasteiger partial charge >= 0.3 is 0 Å². The van der Waals surface area contributed by atoms with Crippen molar-refractivity contribution in [2.75, 3.05) is 11.9 Å². The van der Waals surface area contributed by atoms with Crippen molar-refractivity contribution in [2.24, 2.45) is 5.92 Å². The average molecular weight is 259 g/mol. The summed E-state index contributed by atoms with van der Waals surface area (Å²) in [4.78, 5) is 13.0. The van der Waals surface area contributed by atoms with Gasteiger partial charge in [0.2, 0.25) is 5.91 Å². The minimum absolute atomic E-state index is 0.0787. The quantitative estimate of drug-likeness (QED) is 0.794. The van der Waals surface area contributed by atoms with E-state index in [4.69, 9.17) is 0 Å². The number of benzene rings is 1. The van der Waals surface area contributed by atoms with Crippen LogP contribution >= 0.6 is 0 Å². The molecule has 19 heavy (non-hydrogen) atoms. The van der Waals surface area contributed by atoms with E-state index in [-0.39, 0.29) is 5.91 Å². The predicted octanol–water partition coefficient (Wildman–Crippen LogP) is 4.18. The lowest BCUT2D eigenvalue weighted by Crippen LogP contribution is -2.22. The first-order valence-corrected chi connectivity index (χ1v) is 7.50. The summed E-state index contributed by atoms with van der Waals surface area (Å²) in [6, 6.07) is 8.43. The molecule has 0 aliphatic heterocycles. The fourth-order valence-electron chi connectivity index (χ4n) is 2.91. The molecule has 0 N–H and O–H groups in total. The standard InChI is InChI=1S/C17H25NO/c1-14(19)18(2)17-12-10-16(11-13-17)9-8-15-6-4-3-5-7-15/h10-13,15H,3-9H2,1-2H3. The van der Waals surface area contributed by atoms with Gasteiger partial charge in [-0.05, 0) is 36.5 Å². The molecule has 2 rings (SSSR count). The van der Waals surface area contributed by atoms with Crippen molar-refractivity contribution in [3.8, 4) is 0 Å². The first-order valence-electron chi connectivity index (χ1n) is 7.50. The molecule has 1 fully saturated rings. The number of hydrogen-bond donors (Lipinski definition) is 0.